The van der Waals surface area contributed by atoms with Crippen molar-refractivity contribution in [1.29, 1.82) is 0 Å². The number of unbranched alkanes of at least 4 members (excludes halogenated alkanes) is 54. The molecule has 0 bridgehead atoms. The molecule has 0 spiro atoms. The van der Waals surface area contributed by atoms with E-state index < -0.39 is 97.5 Å². The third kappa shape index (κ3) is 78.2. The molecule has 0 rings (SSSR count). The molecule has 0 amide bonds. The van der Waals surface area contributed by atoms with Gasteiger partial charge < -0.3 is 33.8 Å². The van der Waals surface area contributed by atoms with Crippen molar-refractivity contribution in [3.05, 3.63) is 0 Å². The molecule has 5 atom stereocenters. The summed E-state index contributed by atoms with van der Waals surface area (Å²) in [6, 6.07) is 0. The molecule has 0 aromatic rings. The fraction of sp³-hybridized carbons (Fsp3) is 0.953. The molecule has 2 unspecified atom stereocenters. The molecule has 0 aliphatic rings. The van der Waals surface area contributed by atoms with Gasteiger partial charge in [-0.1, -0.05) is 401 Å². The fourth-order valence-electron chi connectivity index (χ4n) is 13.2. The van der Waals surface area contributed by atoms with Gasteiger partial charge in [-0.25, -0.2) is 9.13 Å². The summed E-state index contributed by atoms with van der Waals surface area (Å²) < 4.78 is 68.9. The average molecular weight is 1520 g/mol. The molecule has 0 aliphatic carbocycles. The molecule has 3 N–H and O–H groups in total. The predicted octanol–water partition coefficient (Wildman–Crippen LogP) is 25.8. The molecule has 0 heterocycles. The lowest BCUT2D eigenvalue weighted by Crippen LogP contribution is -2.30. The summed E-state index contributed by atoms with van der Waals surface area (Å²) >= 11 is 0. The Balaban J connectivity index is 5.24. The van der Waals surface area contributed by atoms with Gasteiger partial charge in [0.1, 0.15) is 19.3 Å². The van der Waals surface area contributed by atoms with Crippen LogP contribution in [-0.4, -0.2) is 96.7 Å². The highest BCUT2D eigenvalue weighted by Gasteiger charge is 2.30. The maximum Gasteiger partial charge on any atom is 0.472 e. The summed E-state index contributed by atoms with van der Waals surface area (Å²) in [5.74, 6) is -0.479. The highest BCUT2D eigenvalue weighted by atomic mass is 31.2. The molecule has 0 aliphatic heterocycles. The number of aliphatic hydroxyl groups excluding tert-OH is 1. The first-order valence-electron chi connectivity index (χ1n) is 44.0. The van der Waals surface area contributed by atoms with Gasteiger partial charge in [-0.2, -0.15) is 0 Å². The van der Waals surface area contributed by atoms with Crippen LogP contribution in [0.5, 0.6) is 0 Å². The minimum absolute atomic E-state index is 0.109. The van der Waals surface area contributed by atoms with Crippen molar-refractivity contribution in [3.8, 4) is 0 Å². The Bertz CT molecular complexity index is 1990. The lowest BCUT2D eigenvalue weighted by atomic mass is 10.0. The largest absolute Gasteiger partial charge is 0.472 e. The summed E-state index contributed by atoms with van der Waals surface area (Å²) in [4.78, 5) is 73.2. The van der Waals surface area contributed by atoms with Crippen molar-refractivity contribution in [2.45, 2.75) is 471 Å². The van der Waals surface area contributed by atoms with Crippen LogP contribution in [0.4, 0.5) is 0 Å². The second kappa shape index (κ2) is 76.4. The van der Waals surface area contributed by atoms with Crippen LogP contribution in [0.15, 0.2) is 0 Å². The molecule has 0 saturated carbocycles. The molecule has 17 nitrogen and oxygen atoms in total. The number of carbonyl (C=O) groups is 4. The van der Waals surface area contributed by atoms with E-state index in [0.29, 0.717) is 25.7 Å². The van der Waals surface area contributed by atoms with Crippen LogP contribution >= 0.6 is 15.6 Å². The first-order valence-corrected chi connectivity index (χ1v) is 47.0. The monoisotopic (exact) mass is 1520 g/mol. The SMILES string of the molecule is CCCCCCCCCCCCCCCCCC(=O)O[C@H](COC(=O)CCCCCCCCCCCCC)COP(=O)(O)OC[C@H](O)COP(=O)(O)OC[C@@H](COC(=O)CCCCCCCCCCCCCCCCCCC(C)C)OC(=O)CCCCCCCCCCCCCCCCCCC(C)C. The van der Waals surface area contributed by atoms with Gasteiger partial charge in [-0.15, -0.1) is 0 Å². The molecule has 0 saturated heterocycles. The quantitative estimate of drug-likeness (QED) is 0.0222. The molecule has 0 fully saturated rings. The number of hydrogen-bond donors (Lipinski definition) is 3. The zero-order valence-corrected chi connectivity index (χ0v) is 70.1. The van der Waals surface area contributed by atoms with Gasteiger partial charge >= 0.3 is 39.5 Å². The van der Waals surface area contributed by atoms with Crippen LogP contribution < -0.4 is 0 Å². The molecule has 0 aromatic heterocycles. The van der Waals surface area contributed by atoms with Gasteiger partial charge in [0.2, 0.25) is 0 Å². The molecule has 19 heteroatoms. The second-order valence-corrected chi connectivity index (χ2v) is 34.4. The number of esters is 4. The standard InChI is InChI=1S/C85H166O17P2/c1-7-9-11-13-15-17-19-20-25-33-39-45-51-57-63-69-84(89)101-80(73-95-82(87)67-61-55-49-43-35-18-16-14-12-10-8-2)75-99-103(91,92)97-71-79(86)72-98-104(93,94)100-76-81(102-85(90)70-64-58-52-46-40-34-29-24-22-27-31-37-42-48-54-60-66-78(5)6)74-96-83(88)68-62-56-50-44-38-32-28-23-21-26-30-36-41-47-53-59-65-77(3)4/h77-81,86H,7-76H2,1-6H3,(H,91,92)(H,93,94)/t79-,80+,81+/m0/s1. The van der Waals surface area contributed by atoms with Crippen molar-refractivity contribution < 1.29 is 80.2 Å². The Morgan fingerprint density at radius 2 is 0.442 bits per heavy atom. The van der Waals surface area contributed by atoms with Gasteiger partial charge in [0.05, 0.1) is 26.4 Å². The molecule has 0 radical (unpaired) electrons. The Labute approximate surface area is 638 Å². The number of carbonyl (C=O) groups excluding carboxylic acids is 4. The molecular weight excluding hydrogens is 1350 g/mol. The minimum atomic E-state index is -4.97. The van der Waals surface area contributed by atoms with E-state index in [1.54, 1.807) is 0 Å². The Morgan fingerprint density at radius 1 is 0.260 bits per heavy atom. The lowest BCUT2D eigenvalue weighted by molar-refractivity contribution is -0.161. The lowest BCUT2D eigenvalue weighted by Gasteiger charge is -2.21. The van der Waals surface area contributed by atoms with E-state index >= 15 is 0 Å². The number of rotatable bonds is 84. The van der Waals surface area contributed by atoms with Crippen molar-refractivity contribution in [2.75, 3.05) is 39.6 Å². The summed E-state index contributed by atoms with van der Waals surface area (Å²) in [6.07, 6.45) is 67.9. The van der Waals surface area contributed by atoms with Crippen LogP contribution in [0.25, 0.3) is 0 Å². The van der Waals surface area contributed by atoms with Crippen LogP contribution in [0.3, 0.4) is 0 Å². The predicted molar refractivity (Wildman–Crippen MR) is 428 cm³/mol. The summed E-state index contributed by atoms with van der Waals surface area (Å²) in [5, 5.41) is 10.7. The van der Waals surface area contributed by atoms with E-state index in [4.69, 9.17) is 37.0 Å². The Kier molecular flexibility index (Phi) is 75.0. The van der Waals surface area contributed by atoms with E-state index in [-0.39, 0.29) is 25.7 Å². The minimum Gasteiger partial charge on any atom is -0.462 e. The third-order valence-electron chi connectivity index (χ3n) is 20.0. The number of ether oxygens (including phenoxy) is 4. The van der Waals surface area contributed by atoms with Crippen molar-refractivity contribution in [3.63, 3.8) is 0 Å². The van der Waals surface area contributed by atoms with Crippen LogP contribution in [0.2, 0.25) is 0 Å². The maximum absolute atomic E-state index is 13.1. The first-order chi connectivity index (χ1) is 50.4. The number of hydrogen-bond acceptors (Lipinski definition) is 15. The fourth-order valence-corrected chi connectivity index (χ4v) is 14.8. The summed E-state index contributed by atoms with van der Waals surface area (Å²) in [5.41, 5.74) is 0. The van der Waals surface area contributed by atoms with E-state index in [9.17, 15) is 43.2 Å². The van der Waals surface area contributed by atoms with Gasteiger partial charge in [-0.3, -0.25) is 37.3 Å². The molecule has 104 heavy (non-hydrogen) atoms. The van der Waals surface area contributed by atoms with E-state index in [1.807, 2.05) is 0 Å². The van der Waals surface area contributed by atoms with Crippen molar-refractivity contribution in [2.24, 2.45) is 11.8 Å². The van der Waals surface area contributed by atoms with Gasteiger partial charge in [0.15, 0.2) is 12.2 Å². The zero-order valence-electron chi connectivity index (χ0n) is 68.3. The van der Waals surface area contributed by atoms with E-state index in [2.05, 4.69) is 41.5 Å². The smallest absolute Gasteiger partial charge is 0.462 e. The summed E-state index contributed by atoms with van der Waals surface area (Å²) in [6.45, 7) is 9.73. The van der Waals surface area contributed by atoms with Gasteiger partial charge in [0, 0.05) is 25.7 Å². The van der Waals surface area contributed by atoms with Crippen LogP contribution in [-0.2, 0) is 65.4 Å². The first kappa shape index (κ1) is 102. The number of aliphatic hydroxyl groups is 1. The number of phosphoric acid groups is 2. The second-order valence-electron chi connectivity index (χ2n) is 31.5. The molecule has 618 valence electrons. The van der Waals surface area contributed by atoms with E-state index in [0.717, 1.165) is 102 Å². The molecular formula is C85H166O17P2. The van der Waals surface area contributed by atoms with Crippen LogP contribution in [0.1, 0.15) is 452 Å². The highest BCUT2D eigenvalue weighted by molar-refractivity contribution is 7.47. The van der Waals surface area contributed by atoms with Gasteiger partial charge in [-0.05, 0) is 37.5 Å². The Morgan fingerprint density at radius 3 is 0.654 bits per heavy atom. The third-order valence-corrected chi connectivity index (χ3v) is 21.9. The average Bonchev–Trinajstić information content (AvgIpc) is 0.914. The molecule has 0 aromatic carbocycles. The zero-order chi connectivity index (χ0) is 76.4. The van der Waals surface area contributed by atoms with Crippen molar-refractivity contribution in [1.82, 2.24) is 0 Å². The summed E-state index contributed by atoms with van der Waals surface area (Å²) in [7, 11) is -9.93. The normalized spacial score (nSPS) is 13.8. The highest BCUT2D eigenvalue weighted by Crippen LogP contribution is 2.45. The topological polar surface area (TPSA) is 237 Å². The van der Waals surface area contributed by atoms with Crippen LogP contribution in [0, 0.1) is 11.8 Å². The van der Waals surface area contributed by atoms with Crippen molar-refractivity contribution >= 4 is 39.5 Å². The van der Waals surface area contributed by atoms with E-state index in [1.165, 1.54) is 270 Å². The Hall–Kier alpha value is -1.94. The van der Waals surface area contributed by atoms with Gasteiger partial charge in [0.25, 0.3) is 0 Å². The maximum atomic E-state index is 13.1. The number of phosphoric ester groups is 2.